The van der Waals surface area contributed by atoms with Crippen molar-refractivity contribution < 1.29 is 0 Å². The van der Waals surface area contributed by atoms with Crippen LogP contribution >= 0.6 is 22.6 Å². The Hall–Kier alpha value is -0.780. The first-order chi connectivity index (χ1) is 5.27. The van der Waals surface area contributed by atoms with Gasteiger partial charge in [-0.2, -0.15) is 5.10 Å². The molecule has 2 N–H and O–H groups in total. The Morgan fingerprint density at radius 3 is 3.18 bits per heavy atom. The van der Waals surface area contributed by atoms with Gasteiger partial charge in [-0.05, 0) is 34.7 Å². The Bertz CT molecular complexity index is 393. The molecule has 0 spiro atoms. The van der Waals surface area contributed by atoms with Crippen LogP contribution in [0.5, 0.6) is 0 Å². The Kier molecular flexibility index (Phi) is 1.49. The summed E-state index contributed by atoms with van der Waals surface area (Å²) in [4.78, 5) is 0. The molecule has 11 heavy (non-hydrogen) atoms. The molecule has 0 aromatic carbocycles. The lowest BCUT2D eigenvalue weighted by Crippen LogP contribution is -1.87. The second-order valence-electron chi connectivity index (χ2n) is 2.27. The molecule has 0 aliphatic rings. The third-order valence-electron chi connectivity index (χ3n) is 1.51. The highest BCUT2D eigenvalue weighted by Crippen LogP contribution is 2.14. The first kappa shape index (κ1) is 6.90. The highest BCUT2D eigenvalue weighted by Gasteiger charge is 1.98. The number of aromatic nitrogens is 2. The van der Waals surface area contributed by atoms with Crippen LogP contribution in [0, 0.1) is 3.57 Å². The van der Waals surface area contributed by atoms with E-state index < -0.39 is 0 Å². The lowest BCUT2D eigenvalue weighted by atomic mass is 10.4. The second kappa shape index (κ2) is 2.37. The topological polar surface area (TPSA) is 43.3 Å². The van der Waals surface area contributed by atoms with Gasteiger partial charge >= 0.3 is 0 Å². The van der Waals surface area contributed by atoms with Gasteiger partial charge in [-0.1, -0.05) is 0 Å². The predicted octanol–water partition coefficient (Wildman–Crippen LogP) is 1.52. The summed E-state index contributed by atoms with van der Waals surface area (Å²) < 4.78 is 2.93. The molecule has 0 aliphatic heterocycles. The number of nitrogens with two attached hydrogens (primary N) is 1. The quantitative estimate of drug-likeness (QED) is 0.729. The zero-order valence-electron chi connectivity index (χ0n) is 5.66. The van der Waals surface area contributed by atoms with Crippen LogP contribution < -0.4 is 5.73 Å². The lowest BCUT2D eigenvalue weighted by molar-refractivity contribution is 0.959. The van der Waals surface area contributed by atoms with Gasteiger partial charge in [0.2, 0.25) is 0 Å². The number of nitrogens with zero attached hydrogens (tertiary/aromatic N) is 2. The van der Waals surface area contributed by atoms with Gasteiger partial charge in [0.05, 0.1) is 17.4 Å². The van der Waals surface area contributed by atoms with E-state index in [-0.39, 0.29) is 0 Å². The molecule has 2 aromatic rings. The van der Waals surface area contributed by atoms with Crippen LogP contribution in [0.15, 0.2) is 24.5 Å². The van der Waals surface area contributed by atoms with Crippen molar-refractivity contribution in [2.45, 2.75) is 0 Å². The van der Waals surface area contributed by atoms with Gasteiger partial charge in [-0.3, -0.25) is 0 Å². The van der Waals surface area contributed by atoms with Gasteiger partial charge in [0, 0.05) is 9.77 Å². The summed E-state index contributed by atoms with van der Waals surface area (Å²) in [6.07, 6.45) is 3.55. The number of hydrogen-bond donors (Lipinski definition) is 1. The van der Waals surface area contributed by atoms with Crippen molar-refractivity contribution in [2.75, 3.05) is 5.73 Å². The predicted molar refractivity (Wildman–Crippen MR) is 52.3 cm³/mol. The fourth-order valence-corrected chi connectivity index (χ4v) is 1.43. The molecule has 56 valence electrons. The molecule has 0 atom stereocenters. The molecule has 2 aromatic heterocycles. The average molecular weight is 259 g/mol. The maximum absolute atomic E-state index is 5.66. The Morgan fingerprint density at radius 2 is 2.36 bits per heavy atom. The third kappa shape index (κ3) is 1.07. The smallest absolute Gasteiger partial charge is 0.0901 e. The molecular formula is C7H6IN3. The molecule has 3 nitrogen and oxygen atoms in total. The normalized spacial score (nSPS) is 10.6. The first-order valence-corrected chi connectivity index (χ1v) is 4.23. The fraction of sp³-hybridized carbons (Fsp3) is 0. The molecule has 0 unspecified atom stereocenters. The number of hydrogen-bond acceptors (Lipinski definition) is 2. The average Bonchev–Trinajstić information content (AvgIpc) is 2.33. The molecule has 4 heteroatoms. The van der Waals surface area contributed by atoms with Crippen LogP contribution in [0.2, 0.25) is 0 Å². The Labute approximate surface area is 77.3 Å². The fourth-order valence-electron chi connectivity index (χ4n) is 0.974. The van der Waals surface area contributed by atoms with E-state index in [1.165, 1.54) is 3.57 Å². The molecule has 0 aliphatic carbocycles. The maximum atomic E-state index is 5.66. The van der Waals surface area contributed by atoms with E-state index in [0.29, 0.717) is 0 Å². The maximum Gasteiger partial charge on any atom is 0.0901 e. The summed E-state index contributed by atoms with van der Waals surface area (Å²) in [5.74, 6) is 0. The van der Waals surface area contributed by atoms with E-state index in [1.54, 1.807) is 10.7 Å². The van der Waals surface area contributed by atoms with Crippen LogP contribution in [0.3, 0.4) is 0 Å². The summed E-state index contributed by atoms with van der Waals surface area (Å²) in [5, 5.41) is 4.05. The number of nitrogen functional groups attached to an aromatic ring is 1. The highest BCUT2D eigenvalue weighted by molar-refractivity contribution is 14.1. The second-order valence-corrected chi connectivity index (χ2v) is 3.52. The zero-order valence-corrected chi connectivity index (χ0v) is 7.82. The minimum absolute atomic E-state index is 0.725. The van der Waals surface area contributed by atoms with Crippen molar-refractivity contribution in [2.24, 2.45) is 0 Å². The SMILES string of the molecule is Nc1cnn2ccc(I)cc12. The number of fused-ring (bicyclic) bond motifs is 1. The monoisotopic (exact) mass is 259 g/mol. The largest absolute Gasteiger partial charge is 0.396 e. The van der Waals surface area contributed by atoms with Crippen molar-refractivity contribution >= 4 is 33.8 Å². The molecule has 0 saturated heterocycles. The molecule has 0 radical (unpaired) electrons. The van der Waals surface area contributed by atoms with Gasteiger partial charge in [0.1, 0.15) is 0 Å². The standard InChI is InChI=1S/C7H6IN3/c8-5-1-2-11-7(3-5)6(9)4-10-11/h1-4H,9H2. The van der Waals surface area contributed by atoms with E-state index in [0.717, 1.165) is 11.2 Å². The van der Waals surface area contributed by atoms with E-state index in [1.807, 2.05) is 18.3 Å². The van der Waals surface area contributed by atoms with Crippen molar-refractivity contribution in [3.8, 4) is 0 Å². The van der Waals surface area contributed by atoms with E-state index in [2.05, 4.69) is 27.7 Å². The summed E-state index contributed by atoms with van der Waals surface area (Å²) in [6.45, 7) is 0. The summed E-state index contributed by atoms with van der Waals surface area (Å²) >= 11 is 2.25. The van der Waals surface area contributed by atoms with Crippen molar-refractivity contribution in [3.05, 3.63) is 28.1 Å². The van der Waals surface area contributed by atoms with Crippen LogP contribution in [0.1, 0.15) is 0 Å². The molecule has 0 saturated carbocycles. The first-order valence-electron chi connectivity index (χ1n) is 3.16. The van der Waals surface area contributed by atoms with Crippen molar-refractivity contribution in [1.82, 2.24) is 9.61 Å². The van der Waals surface area contributed by atoms with Crippen LogP contribution in [-0.4, -0.2) is 9.61 Å². The van der Waals surface area contributed by atoms with Gasteiger partial charge < -0.3 is 5.73 Å². The molecule has 2 heterocycles. The minimum Gasteiger partial charge on any atom is -0.396 e. The molecule has 0 bridgehead atoms. The lowest BCUT2D eigenvalue weighted by Gasteiger charge is -1.93. The van der Waals surface area contributed by atoms with Crippen LogP contribution in [-0.2, 0) is 0 Å². The Balaban J connectivity index is 2.87. The molecule has 0 fully saturated rings. The number of pyridine rings is 1. The van der Waals surface area contributed by atoms with Crippen molar-refractivity contribution in [1.29, 1.82) is 0 Å². The van der Waals surface area contributed by atoms with Gasteiger partial charge in [0.25, 0.3) is 0 Å². The third-order valence-corrected chi connectivity index (χ3v) is 2.18. The van der Waals surface area contributed by atoms with Gasteiger partial charge in [-0.15, -0.1) is 0 Å². The Morgan fingerprint density at radius 1 is 1.55 bits per heavy atom. The highest BCUT2D eigenvalue weighted by atomic mass is 127. The number of rotatable bonds is 0. The number of anilines is 1. The molecular weight excluding hydrogens is 253 g/mol. The minimum atomic E-state index is 0.725. The van der Waals surface area contributed by atoms with Crippen LogP contribution in [0.25, 0.3) is 5.52 Å². The van der Waals surface area contributed by atoms with E-state index in [9.17, 15) is 0 Å². The van der Waals surface area contributed by atoms with E-state index in [4.69, 9.17) is 5.73 Å². The van der Waals surface area contributed by atoms with Gasteiger partial charge in [0.15, 0.2) is 0 Å². The van der Waals surface area contributed by atoms with Gasteiger partial charge in [-0.25, -0.2) is 4.52 Å². The summed E-state index contributed by atoms with van der Waals surface area (Å²) in [6, 6.07) is 3.99. The molecule has 2 rings (SSSR count). The van der Waals surface area contributed by atoms with Crippen LogP contribution in [0.4, 0.5) is 5.69 Å². The summed E-state index contributed by atoms with van der Waals surface area (Å²) in [5.41, 5.74) is 7.35. The van der Waals surface area contributed by atoms with Crippen molar-refractivity contribution in [3.63, 3.8) is 0 Å². The van der Waals surface area contributed by atoms with E-state index >= 15 is 0 Å². The molecule has 0 amide bonds. The zero-order chi connectivity index (χ0) is 7.84. The number of halogens is 1. The summed E-state index contributed by atoms with van der Waals surface area (Å²) in [7, 11) is 0.